The molecular weight excluding hydrogens is 269 g/mol. The van der Waals surface area contributed by atoms with Crippen LogP contribution in [0.5, 0.6) is 0 Å². The molecule has 0 aliphatic carbocycles. The minimum Gasteiger partial charge on any atom is -1.00 e. The molecule has 12 heteroatoms. The molecule has 0 aromatic rings. The Kier molecular flexibility index (Phi) is 18.2. The van der Waals surface area contributed by atoms with E-state index < -0.39 is 15.6 Å². The van der Waals surface area contributed by atoms with E-state index in [0.29, 0.717) is 0 Å². The third-order valence-corrected chi connectivity index (χ3v) is 0. The van der Waals surface area contributed by atoms with Gasteiger partial charge >= 0.3 is 45.2 Å². The smallest absolute Gasteiger partial charge is 1.00 e. The third kappa shape index (κ3) is 447. The maximum Gasteiger partial charge on any atom is 1.00 e. The van der Waals surface area contributed by atoms with E-state index in [0.717, 1.165) is 0 Å². The first kappa shape index (κ1) is 23.5. The first-order valence-corrected chi connectivity index (χ1v) is 4.70. The van der Waals surface area contributed by atoms with Gasteiger partial charge in [-0.15, -0.1) is 0 Å². The number of rotatable bonds is 0. The van der Waals surface area contributed by atoms with Gasteiger partial charge in [-0.05, 0) is 0 Å². The average Bonchev–Trinajstić information content (AvgIpc) is 1.12. The van der Waals surface area contributed by atoms with Gasteiger partial charge in [-0.1, -0.05) is 0 Å². The zero-order chi connectivity index (χ0) is 9.00. The summed E-state index contributed by atoms with van der Waals surface area (Å²) < 4.78 is 17.8. The van der Waals surface area contributed by atoms with Crippen LogP contribution in [0.15, 0.2) is 0 Å². The molecule has 0 aliphatic heterocycles. The van der Waals surface area contributed by atoms with E-state index in [1.807, 2.05) is 0 Å². The van der Waals surface area contributed by atoms with Gasteiger partial charge < -0.3 is 30.8 Å². The molecule has 0 fully saturated rings. The summed E-state index contributed by atoms with van der Waals surface area (Å²) in [5, 5.41) is 0. The van der Waals surface area contributed by atoms with E-state index in [9.17, 15) is 0 Å². The Morgan fingerprint density at radius 2 is 0.750 bits per heavy atom. The standard InChI is InChI=1S/Fe.Na.2H3O4P.H/c;;2*1-5(2,3)4;/h;;2*(H3,1,2,3,4);/q;+1;;;-1. The molecule has 0 saturated heterocycles. The van der Waals surface area contributed by atoms with Gasteiger partial charge in [-0.2, -0.15) is 0 Å². The quantitative estimate of drug-likeness (QED) is 0.190. The van der Waals surface area contributed by atoms with Crippen molar-refractivity contribution in [1.82, 2.24) is 0 Å². The average molecular weight is 276 g/mol. The molecule has 12 heavy (non-hydrogen) atoms. The summed E-state index contributed by atoms with van der Waals surface area (Å²) in [5.74, 6) is 0. The Morgan fingerprint density at radius 3 is 0.750 bits per heavy atom. The van der Waals surface area contributed by atoms with Gasteiger partial charge in [0.15, 0.2) is 0 Å². The fourth-order valence-electron chi connectivity index (χ4n) is 0. The SMILES string of the molecule is O=P(O)(O)O.O=P(O)(O)O.[Fe].[H-].[Na+]. The Hall–Kier alpha value is 1.74. The molecule has 6 N–H and O–H groups in total. The molecule has 0 amide bonds. The molecule has 0 aromatic heterocycles. The molecule has 0 rings (SSSR count). The van der Waals surface area contributed by atoms with E-state index in [1.54, 1.807) is 0 Å². The molecule has 0 atom stereocenters. The van der Waals surface area contributed by atoms with Crippen molar-refractivity contribution in [2.45, 2.75) is 0 Å². The van der Waals surface area contributed by atoms with Crippen LogP contribution >= 0.6 is 15.6 Å². The predicted octanol–water partition coefficient (Wildman–Crippen LogP) is -4.74. The van der Waals surface area contributed by atoms with Crippen LogP contribution in [0, 0.1) is 0 Å². The number of phosphoric acid groups is 2. The molecule has 0 aliphatic rings. The van der Waals surface area contributed by atoms with Gasteiger partial charge in [-0.3, -0.25) is 0 Å². The summed E-state index contributed by atoms with van der Waals surface area (Å²) in [5.41, 5.74) is 0. The van der Waals surface area contributed by atoms with Crippen molar-refractivity contribution in [3.05, 3.63) is 0 Å². The molecule has 8 nitrogen and oxygen atoms in total. The van der Waals surface area contributed by atoms with Gasteiger partial charge in [0, 0.05) is 17.1 Å². The molecule has 0 spiro atoms. The zero-order valence-corrected chi connectivity index (χ0v) is 10.6. The van der Waals surface area contributed by atoms with E-state index in [-0.39, 0.29) is 48.1 Å². The fourth-order valence-corrected chi connectivity index (χ4v) is 0. The first-order valence-electron chi connectivity index (χ1n) is 1.57. The minimum absolute atomic E-state index is 0. The second-order valence-corrected chi connectivity index (χ2v) is 3.08. The van der Waals surface area contributed by atoms with Crippen molar-refractivity contribution < 1.29 is 86.5 Å². The fraction of sp³-hybridized carbons (Fsp3) is 0. The zero-order valence-electron chi connectivity index (χ0n) is 6.75. The molecule has 0 unspecified atom stereocenters. The molecule has 0 radical (unpaired) electrons. The van der Waals surface area contributed by atoms with Gasteiger partial charge in [0.25, 0.3) is 0 Å². The van der Waals surface area contributed by atoms with Crippen LogP contribution in [-0.4, -0.2) is 29.4 Å². The summed E-state index contributed by atoms with van der Waals surface area (Å²) in [6.45, 7) is 0. The largest absolute Gasteiger partial charge is 1.00 e. The van der Waals surface area contributed by atoms with E-state index in [4.69, 9.17) is 38.5 Å². The number of hydrogen-bond acceptors (Lipinski definition) is 2. The van der Waals surface area contributed by atoms with Crippen LogP contribution in [-0.2, 0) is 26.2 Å². The van der Waals surface area contributed by atoms with Crippen LogP contribution in [0.3, 0.4) is 0 Å². The predicted molar refractivity (Wildman–Crippen MR) is 29.6 cm³/mol. The molecule has 0 aromatic carbocycles. The van der Waals surface area contributed by atoms with Crippen LogP contribution in [0.4, 0.5) is 0 Å². The summed E-state index contributed by atoms with van der Waals surface area (Å²) in [6.07, 6.45) is 0. The van der Waals surface area contributed by atoms with E-state index in [1.165, 1.54) is 0 Å². The Bertz CT molecular complexity index is 134. The van der Waals surface area contributed by atoms with Crippen molar-refractivity contribution in [3.8, 4) is 0 Å². The molecule has 0 heterocycles. The van der Waals surface area contributed by atoms with Crippen molar-refractivity contribution in [2.75, 3.05) is 0 Å². The maximum atomic E-state index is 8.88. The van der Waals surface area contributed by atoms with Crippen molar-refractivity contribution in [2.24, 2.45) is 0 Å². The minimum atomic E-state index is -4.64. The van der Waals surface area contributed by atoms with E-state index in [2.05, 4.69) is 0 Å². The van der Waals surface area contributed by atoms with Gasteiger partial charge in [0.05, 0.1) is 0 Å². The van der Waals surface area contributed by atoms with Gasteiger partial charge in [-0.25, -0.2) is 9.13 Å². The Morgan fingerprint density at radius 1 is 0.750 bits per heavy atom. The summed E-state index contributed by atoms with van der Waals surface area (Å²) in [7, 11) is -9.28. The monoisotopic (exact) mass is 276 g/mol. The van der Waals surface area contributed by atoms with Gasteiger partial charge in [0.2, 0.25) is 0 Å². The molecule has 74 valence electrons. The Balaban J connectivity index is -0.0000000267. The number of hydrogen-bond donors (Lipinski definition) is 6. The second-order valence-electron chi connectivity index (χ2n) is 1.03. The van der Waals surface area contributed by atoms with E-state index >= 15 is 0 Å². The maximum absolute atomic E-state index is 8.88. The summed E-state index contributed by atoms with van der Waals surface area (Å²) >= 11 is 0. The summed E-state index contributed by atoms with van der Waals surface area (Å²) in [6, 6.07) is 0. The van der Waals surface area contributed by atoms with Crippen LogP contribution in [0.2, 0.25) is 0 Å². The molecule has 0 saturated carbocycles. The molecular formula is H7FeNaO8P2. The van der Waals surface area contributed by atoms with Crippen LogP contribution in [0.1, 0.15) is 1.43 Å². The van der Waals surface area contributed by atoms with Crippen molar-refractivity contribution >= 4 is 15.6 Å². The topological polar surface area (TPSA) is 156 Å². The second kappa shape index (κ2) is 9.30. The summed E-state index contributed by atoms with van der Waals surface area (Å²) in [4.78, 5) is 43.1. The third-order valence-electron chi connectivity index (χ3n) is 0. The van der Waals surface area contributed by atoms with Gasteiger partial charge in [0.1, 0.15) is 0 Å². The van der Waals surface area contributed by atoms with Crippen LogP contribution in [0.25, 0.3) is 0 Å². The van der Waals surface area contributed by atoms with Crippen molar-refractivity contribution in [1.29, 1.82) is 0 Å². The first-order chi connectivity index (χ1) is 4.00. The molecule has 0 bridgehead atoms. The van der Waals surface area contributed by atoms with Crippen molar-refractivity contribution in [3.63, 3.8) is 0 Å². The van der Waals surface area contributed by atoms with Crippen LogP contribution < -0.4 is 29.6 Å². The Labute approximate surface area is 102 Å². The normalized spacial score (nSPS) is 9.83.